The SMILES string of the molecule is C=CCCCC(CCOCCOC)NCC. The Balaban J connectivity index is 3.46. The largest absolute Gasteiger partial charge is 0.382 e. The van der Waals surface area contributed by atoms with E-state index in [0.717, 1.165) is 26.0 Å². The molecule has 1 unspecified atom stereocenters. The van der Waals surface area contributed by atoms with E-state index >= 15 is 0 Å². The lowest BCUT2D eigenvalue weighted by Gasteiger charge is -2.17. The number of unbranched alkanes of at least 4 members (excludes halogenated alkanes) is 1. The van der Waals surface area contributed by atoms with Crippen LogP contribution in [-0.2, 0) is 9.47 Å². The van der Waals surface area contributed by atoms with Crippen LogP contribution in [0.5, 0.6) is 0 Å². The van der Waals surface area contributed by atoms with E-state index in [1.54, 1.807) is 7.11 Å². The second-order valence-electron chi connectivity index (χ2n) is 3.87. The normalized spacial score (nSPS) is 12.6. The third-order valence-corrected chi connectivity index (χ3v) is 2.50. The standard InChI is InChI=1S/C13H27NO2/c1-4-6-7-8-13(14-5-2)9-10-16-12-11-15-3/h4,13-14H,1,5-12H2,2-3H3. The smallest absolute Gasteiger partial charge is 0.0700 e. The van der Waals surface area contributed by atoms with Gasteiger partial charge in [0, 0.05) is 19.8 Å². The molecule has 0 aliphatic heterocycles. The zero-order valence-corrected chi connectivity index (χ0v) is 10.8. The van der Waals surface area contributed by atoms with Crippen LogP contribution in [0.1, 0.15) is 32.6 Å². The molecule has 0 aliphatic carbocycles. The molecule has 0 spiro atoms. The summed E-state index contributed by atoms with van der Waals surface area (Å²) in [7, 11) is 1.69. The second kappa shape index (κ2) is 12.7. The van der Waals surface area contributed by atoms with Gasteiger partial charge in [-0.3, -0.25) is 0 Å². The first-order chi connectivity index (χ1) is 7.85. The molecule has 0 saturated heterocycles. The number of rotatable bonds is 12. The summed E-state index contributed by atoms with van der Waals surface area (Å²) in [6.07, 6.45) is 6.58. The summed E-state index contributed by atoms with van der Waals surface area (Å²) in [5, 5.41) is 3.49. The summed E-state index contributed by atoms with van der Waals surface area (Å²) in [5.74, 6) is 0. The molecule has 0 heterocycles. The molecule has 0 bridgehead atoms. The molecule has 1 N–H and O–H groups in total. The lowest BCUT2D eigenvalue weighted by Crippen LogP contribution is -2.30. The maximum Gasteiger partial charge on any atom is 0.0700 e. The van der Waals surface area contributed by atoms with Crippen molar-refractivity contribution in [3.63, 3.8) is 0 Å². The molecular formula is C13H27NO2. The summed E-state index contributed by atoms with van der Waals surface area (Å²) in [4.78, 5) is 0. The van der Waals surface area contributed by atoms with Gasteiger partial charge in [0.15, 0.2) is 0 Å². The summed E-state index contributed by atoms with van der Waals surface area (Å²) >= 11 is 0. The molecule has 0 aromatic rings. The van der Waals surface area contributed by atoms with Gasteiger partial charge in [-0.1, -0.05) is 13.0 Å². The number of ether oxygens (including phenoxy) is 2. The molecule has 0 fully saturated rings. The highest BCUT2D eigenvalue weighted by atomic mass is 16.5. The first-order valence-corrected chi connectivity index (χ1v) is 6.26. The van der Waals surface area contributed by atoms with Crippen molar-refractivity contribution in [2.24, 2.45) is 0 Å². The van der Waals surface area contributed by atoms with Crippen LogP contribution in [0.3, 0.4) is 0 Å². The quantitative estimate of drug-likeness (QED) is 0.412. The van der Waals surface area contributed by atoms with Gasteiger partial charge < -0.3 is 14.8 Å². The van der Waals surface area contributed by atoms with Crippen LogP contribution in [-0.4, -0.2) is 39.5 Å². The molecule has 0 rings (SSSR count). The molecule has 0 radical (unpaired) electrons. The Morgan fingerprint density at radius 2 is 2.06 bits per heavy atom. The Morgan fingerprint density at radius 3 is 2.69 bits per heavy atom. The molecule has 0 aromatic heterocycles. The maximum atomic E-state index is 5.47. The fraction of sp³-hybridized carbons (Fsp3) is 0.846. The molecule has 3 heteroatoms. The van der Waals surface area contributed by atoms with Crippen LogP contribution in [0.15, 0.2) is 12.7 Å². The fourth-order valence-corrected chi connectivity index (χ4v) is 1.62. The van der Waals surface area contributed by atoms with Crippen LogP contribution >= 0.6 is 0 Å². The number of hydrogen-bond donors (Lipinski definition) is 1. The van der Waals surface area contributed by atoms with E-state index in [1.165, 1.54) is 12.8 Å². The predicted octanol–water partition coefficient (Wildman–Crippen LogP) is 2.37. The summed E-state index contributed by atoms with van der Waals surface area (Å²) < 4.78 is 10.4. The Kier molecular flexibility index (Phi) is 12.4. The number of methoxy groups -OCH3 is 1. The first kappa shape index (κ1) is 15.6. The average molecular weight is 229 g/mol. The van der Waals surface area contributed by atoms with Crippen LogP contribution < -0.4 is 5.32 Å². The van der Waals surface area contributed by atoms with Gasteiger partial charge in [-0.05, 0) is 32.2 Å². The second-order valence-corrected chi connectivity index (χ2v) is 3.87. The average Bonchev–Trinajstić information content (AvgIpc) is 2.29. The van der Waals surface area contributed by atoms with E-state index in [1.807, 2.05) is 6.08 Å². The van der Waals surface area contributed by atoms with E-state index in [2.05, 4.69) is 18.8 Å². The van der Waals surface area contributed by atoms with E-state index in [0.29, 0.717) is 19.3 Å². The summed E-state index contributed by atoms with van der Waals surface area (Å²) in [6.45, 7) is 9.10. The fourth-order valence-electron chi connectivity index (χ4n) is 1.62. The first-order valence-electron chi connectivity index (χ1n) is 6.26. The van der Waals surface area contributed by atoms with Crippen LogP contribution in [0.25, 0.3) is 0 Å². The molecule has 16 heavy (non-hydrogen) atoms. The molecule has 0 amide bonds. The van der Waals surface area contributed by atoms with Crippen molar-refractivity contribution in [2.75, 3.05) is 33.5 Å². The van der Waals surface area contributed by atoms with Crippen molar-refractivity contribution in [1.29, 1.82) is 0 Å². The van der Waals surface area contributed by atoms with Gasteiger partial charge in [-0.2, -0.15) is 0 Å². The molecular weight excluding hydrogens is 202 g/mol. The maximum absolute atomic E-state index is 5.47. The summed E-state index contributed by atoms with van der Waals surface area (Å²) in [5.41, 5.74) is 0. The third kappa shape index (κ3) is 10.1. The van der Waals surface area contributed by atoms with Crippen LogP contribution in [0.2, 0.25) is 0 Å². The minimum absolute atomic E-state index is 0.576. The van der Waals surface area contributed by atoms with Gasteiger partial charge in [-0.25, -0.2) is 0 Å². The third-order valence-electron chi connectivity index (χ3n) is 2.50. The molecule has 3 nitrogen and oxygen atoms in total. The lowest BCUT2D eigenvalue weighted by atomic mass is 10.1. The van der Waals surface area contributed by atoms with Crippen molar-refractivity contribution in [1.82, 2.24) is 5.32 Å². The van der Waals surface area contributed by atoms with Crippen molar-refractivity contribution in [2.45, 2.75) is 38.6 Å². The molecule has 1 atom stereocenters. The van der Waals surface area contributed by atoms with Crippen LogP contribution in [0, 0.1) is 0 Å². The summed E-state index contributed by atoms with van der Waals surface area (Å²) in [6, 6.07) is 0.576. The number of hydrogen-bond acceptors (Lipinski definition) is 3. The highest BCUT2D eigenvalue weighted by Gasteiger charge is 2.05. The van der Waals surface area contributed by atoms with E-state index < -0.39 is 0 Å². The molecule has 0 aromatic carbocycles. The van der Waals surface area contributed by atoms with Crippen molar-refractivity contribution in [3.05, 3.63) is 12.7 Å². The van der Waals surface area contributed by atoms with E-state index in [4.69, 9.17) is 9.47 Å². The number of nitrogens with one attached hydrogen (secondary N) is 1. The van der Waals surface area contributed by atoms with Crippen molar-refractivity contribution < 1.29 is 9.47 Å². The van der Waals surface area contributed by atoms with Gasteiger partial charge in [0.1, 0.15) is 0 Å². The topological polar surface area (TPSA) is 30.5 Å². The molecule has 0 aliphatic rings. The minimum atomic E-state index is 0.576. The minimum Gasteiger partial charge on any atom is -0.382 e. The van der Waals surface area contributed by atoms with Gasteiger partial charge in [0.05, 0.1) is 13.2 Å². The van der Waals surface area contributed by atoms with Gasteiger partial charge >= 0.3 is 0 Å². The zero-order chi connectivity index (χ0) is 12.1. The van der Waals surface area contributed by atoms with Gasteiger partial charge in [0.25, 0.3) is 0 Å². The highest BCUT2D eigenvalue weighted by Crippen LogP contribution is 2.05. The van der Waals surface area contributed by atoms with Gasteiger partial charge in [0.2, 0.25) is 0 Å². The van der Waals surface area contributed by atoms with Crippen LogP contribution in [0.4, 0.5) is 0 Å². The predicted molar refractivity (Wildman–Crippen MR) is 68.8 cm³/mol. The Bertz CT molecular complexity index is 151. The van der Waals surface area contributed by atoms with E-state index in [9.17, 15) is 0 Å². The van der Waals surface area contributed by atoms with E-state index in [-0.39, 0.29) is 0 Å². The Hall–Kier alpha value is -0.380. The van der Waals surface area contributed by atoms with Crippen molar-refractivity contribution in [3.8, 4) is 0 Å². The zero-order valence-electron chi connectivity index (χ0n) is 10.8. The Morgan fingerprint density at radius 1 is 1.25 bits per heavy atom. The van der Waals surface area contributed by atoms with Crippen molar-refractivity contribution >= 4 is 0 Å². The Labute approximate surface area is 100 Å². The number of allylic oxidation sites excluding steroid dienone is 1. The highest BCUT2D eigenvalue weighted by molar-refractivity contribution is 4.71. The molecule has 96 valence electrons. The monoisotopic (exact) mass is 229 g/mol. The lowest BCUT2D eigenvalue weighted by molar-refractivity contribution is 0.0654. The molecule has 0 saturated carbocycles. The van der Waals surface area contributed by atoms with Gasteiger partial charge in [-0.15, -0.1) is 6.58 Å².